The summed E-state index contributed by atoms with van der Waals surface area (Å²) in [5, 5.41) is 9.12. The minimum Gasteiger partial charge on any atom is -0.462 e. The molecule has 0 aliphatic heterocycles. The van der Waals surface area contributed by atoms with E-state index in [0.717, 1.165) is 0 Å². The molecule has 7 heteroatoms. The minimum absolute atomic E-state index is 0.0240. The van der Waals surface area contributed by atoms with Crippen LogP contribution in [0.4, 0.5) is 13.2 Å². The summed E-state index contributed by atoms with van der Waals surface area (Å²) in [6.07, 6.45) is 0.437. The first-order valence-electron chi connectivity index (χ1n) is 5.82. The summed E-state index contributed by atoms with van der Waals surface area (Å²) >= 11 is -0.422. The number of carbonyl (C=O) groups is 1. The van der Waals surface area contributed by atoms with Crippen molar-refractivity contribution in [3.63, 3.8) is 0 Å². The molecular weight excluding hydrogens is 291 g/mol. The Hall–Kier alpha value is -1.68. The Bertz CT molecular complexity index is 550. The number of esters is 1. The molecule has 0 aliphatic rings. The molecule has 0 saturated carbocycles. The second-order valence-electron chi connectivity index (χ2n) is 3.71. The van der Waals surface area contributed by atoms with Crippen molar-refractivity contribution in [3.05, 3.63) is 28.8 Å². The maximum Gasteiger partial charge on any atom is 0.446 e. The van der Waals surface area contributed by atoms with E-state index in [2.05, 4.69) is 0 Å². The first-order chi connectivity index (χ1) is 9.34. The van der Waals surface area contributed by atoms with E-state index in [9.17, 15) is 18.0 Å². The van der Waals surface area contributed by atoms with E-state index in [1.165, 1.54) is 12.1 Å². The molecule has 0 aliphatic carbocycles. The summed E-state index contributed by atoms with van der Waals surface area (Å²) in [5.74, 6) is -0.911. The zero-order valence-corrected chi connectivity index (χ0v) is 11.7. The quantitative estimate of drug-likeness (QED) is 0.625. The number of carbonyl (C=O) groups excluding carboxylic acids is 1. The minimum atomic E-state index is -4.54. The van der Waals surface area contributed by atoms with Gasteiger partial charge < -0.3 is 4.74 Å². The molecule has 0 saturated heterocycles. The second-order valence-corrected chi connectivity index (χ2v) is 4.81. The topological polar surface area (TPSA) is 50.1 Å². The fraction of sp³-hybridized carbons (Fsp3) is 0.385. The van der Waals surface area contributed by atoms with Crippen LogP contribution in [-0.4, -0.2) is 18.1 Å². The third-order valence-electron chi connectivity index (χ3n) is 2.45. The molecule has 0 aromatic heterocycles. The highest BCUT2D eigenvalue weighted by Gasteiger charge is 2.33. The van der Waals surface area contributed by atoms with Crippen LogP contribution in [0, 0.1) is 11.3 Å². The molecule has 0 bridgehead atoms. The van der Waals surface area contributed by atoms with Gasteiger partial charge in [-0.2, -0.15) is 18.4 Å². The zero-order valence-electron chi connectivity index (χ0n) is 10.9. The average molecular weight is 303 g/mol. The van der Waals surface area contributed by atoms with Gasteiger partial charge in [0.2, 0.25) is 0 Å². The third kappa shape index (κ3) is 3.90. The van der Waals surface area contributed by atoms with E-state index in [-0.39, 0.29) is 22.6 Å². The normalized spacial score (nSPS) is 11.0. The van der Waals surface area contributed by atoms with E-state index in [0.29, 0.717) is 12.0 Å². The molecule has 20 heavy (non-hydrogen) atoms. The van der Waals surface area contributed by atoms with Crippen molar-refractivity contribution < 1.29 is 22.7 Å². The van der Waals surface area contributed by atoms with Crippen molar-refractivity contribution >= 4 is 17.7 Å². The molecule has 1 aromatic rings. The van der Waals surface area contributed by atoms with Crippen LogP contribution in [0.25, 0.3) is 0 Å². The van der Waals surface area contributed by atoms with Crippen LogP contribution in [0.3, 0.4) is 0 Å². The Morgan fingerprint density at radius 3 is 2.50 bits per heavy atom. The molecule has 0 amide bonds. The highest BCUT2D eigenvalue weighted by molar-refractivity contribution is 8.00. The Morgan fingerprint density at radius 2 is 2.05 bits per heavy atom. The van der Waals surface area contributed by atoms with E-state index in [4.69, 9.17) is 10.00 Å². The van der Waals surface area contributed by atoms with Crippen LogP contribution < -0.4 is 0 Å². The Kier molecular flexibility index (Phi) is 5.45. The lowest BCUT2D eigenvalue weighted by atomic mass is 10.00. The molecule has 0 unspecified atom stereocenters. The van der Waals surface area contributed by atoms with Gasteiger partial charge in [0.05, 0.1) is 17.7 Å². The van der Waals surface area contributed by atoms with Crippen molar-refractivity contribution in [2.75, 3.05) is 6.61 Å². The molecule has 0 spiro atoms. The van der Waals surface area contributed by atoms with Crippen LogP contribution in [-0.2, 0) is 11.2 Å². The largest absolute Gasteiger partial charge is 0.462 e. The first kappa shape index (κ1) is 16.4. The fourth-order valence-corrected chi connectivity index (χ4v) is 2.34. The maximum atomic E-state index is 12.5. The predicted molar refractivity (Wildman–Crippen MR) is 68.4 cm³/mol. The molecule has 1 rings (SSSR count). The summed E-state index contributed by atoms with van der Waals surface area (Å²) in [4.78, 5) is 11.5. The third-order valence-corrected chi connectivity index (χ3v) is 3.24. The molecule has 3 nitrogen and oxygen atoms in total. The maximum absolute atomic E-state index is 12.5. The van der Waals surface area contributed by atoms with Crippen molar-refractivity contribution in [3.8, 4) is 6.07 Å². The van der Waals surface area contributed by atoms with E-state index in [1.54, 1.807) is 19.9 Å². The first-order valence-corrected chi connectivity index (χ1v) is 6.64. The second kappa shape index (κ2) is 6.66. The van der Waals surface area contributed by atoms with Crippen LogP contribution in [0.2, 0.25) is 0 Å². The lowest BCUT2D eigenvalue weighted by Crippen LogP contribution is -2.12. The van der Waals surface area contributed by atoms with Crippen LogP contribution in [0.15, 0.2) is 17.0 Å². The number of nitriles is 1. The van der Waals surface area contributed by atoms with Crippen molar-refractivity contribution in [2.45, 2.75) is 30.7 Å². The Balaban J connectivity index is 3.45. The van der Waals surface area contributed by atoms with Crippen molar-refractivity contribution in [2.24, 2.45) is 0 Å². The van der Waals surface area contributed by atoms with Crippen LogP contribution in [0.1, 0.15) is 35.3 Å². The monoisotopic (exact) mass is 303 g/mol. The number of alkyl halides is 3. The van der Waals surface area contributed by atoms with E-state index in [1.807, 2.05) is 0 Å². The number of hydrogen-bond acceptors (Lipinski definition) is 4. The lowest BCUT2D eigenvalue weighted by molar-refractivity contribution is -0.0328. The highest BCUT2D eigenvalue weighted by atomic mass is 32.2. The van der Waals surface area contributed by atoms with E-state index < -0.39 is 23.2 Å². The van der Waals surface area contributed by atoms with Gasteiger partial charge in [0.1, 0.15) is 6.07 Å². The zero-order chi connectivity index (χ0) is 15.3. The SMILES string of the molecule is CCOC(=O)c1c(SC(F)(F)F)ccc(CC)c1C#N. The summed E-state index contributed by atoms with van der Waals surface area (Å²) in [6.45, 7) is 3.32. The lowest BCUT2D eigenvalue weighted by Gasteiger charge is -2.14. The summed E-state index contributed by atoms with van der Waals surface area (Å²) in [6, 6.07) is 4.42. The van der Waals surface area contributed by atoms with Gasteiger partial charge >= 0.3 is 11.5 Å². The van der Waals surface area contributed by atoms with Gasteiger partial charge in [0.15, 0.2) is 0 Å². The number of rotatable bonds is 4. The van der Waals surface area contributed by atoms with Gasteiger partial charge in [-0.15, -0.1) is 0 Å². The van der Waals surface area contributed by atoms with Crippen molar-refractivity contribution in [1.82, 2.24) is 0 Å². The molecule has 108 valence electrons. The fourth-order valence-electron chi connectivity index (χ4n) is 1.66. The van der Waals surface area contributed by atoms with Gasteiger partial charge in [-0.25, -0.2) is 4.79 Å². The molecular formula is C13H12F3NO2S. The van der Waals surface area contributed by atoms with Gasteiger partial charge in [-0.3, -0.25) is 0 Å². The molecule has 0 heterocycles. The molecule has 0 fully saturated rings. The number of aryl methyl sites for hydroxylation is 1. The van der Waals surface area contributed by atoms with E-state index >= 15 is 0 Å². The molecule has 0 radical (unpaired) electrons. The number of halogens is 3. The van der Waals surface area contributed by atoms with Gasteiger partial charge in [-0.05, 0) is 36.7 Å². The molecule has 0 atom stereocenters. The summed E-state index contributed by atoms with van der Waals surface area (Å²) < 4.78 is 42.3. The van der Waals surface area contributed by atoms with Crippen molar-refractivity contribution in [1.29, 1.82) is 5.26 Å². The highest BCUT2D eigenvalue weighted by Crippen LogP contribution is 2.40. The average Bonchev–Trinajstić information content (AvgIpc) is 2.36. The molecule has 1 aromatic carbocycles. The number of hydrogen-bond donors (Lipinski definition) is 0. The number of thioether (sulfide) groups is 1. The number of nitrogens with zero attached hydrogens (tertiary/aromatic N) is 1. The summed E-state index contributed by atoms with van der Waals surface area (Å²) in [7, 11) is 0. The Labute approximate surface area is 118 Å². The smallest absolute Gasteiger partial charge is 0.446 e. The standard InChI is InChI=1S/C13H12F3NO2S/c1-3-8-5-6-10(20-13(14,15)16)11(9(8)7-17)12(18)19-4-2/h5-6H,3-4H2,1-2H3. The van der Waals surface area contributed by atoms with Gasteiger partial charge in [-0.1, -0.05) is 13.0 Å². The van der Waals surface area contributed by atoms with Crippen LogP contribution >= 0.6 is 11.8 Å². The predicted octanol–water partition coefficient (Wildman–Crippen LogP) is 3.91. The van der Waals surface area contributed by atoms with Gasteiger partial charge in [0, 0.05) is 4.90 Å². The summed E-state index contributed by atoms with van der Waals surface area (Å²) in [5.41, 5.74) is -4.39. The number of ether oxygens (including phenoxy) is 1. The van der Waals surface area contributed by atoms with Gasteiger partial charge in [0.25, 0.3) is 0 Å². The Morgan fingerprint density at radius 1 is 1.40 bits per heavy atom. The van der Waals surface area contributed by atoms with Crippen LogP contribution in [0.5, 0.6) is 0 Å². The number of benzene rings is 1. The molecule has 0 N–H and O–H groups in total.